The van der Waals surface area contributed by atoms with Crippen LogP contribution in [0.25, 0.3) is 27.5 Å². The molecule has 0 unspecified atom stereocenters. The van der Waals surface area contributed by atoms with Crippen molar-refractivity contribution in [3.63, 3.8) is 0 Å². The Morgan fingerprint density at radius 3 is 2.64 bits per heavy atom. The molecule has 2 heteroatoms. The number of hydrogen-bond donors (Lipinski definition) is 1. The molecule has 0 aliphatic heterocycles. The summed E-state index contributed by atoms with van der Waals surface area (Å²) in [6, 6.07) is 14.2. The maximum absolute atomic E-state index is 5.91. The summed E-state index contributed by atoms with van der Waals surface area (Å²) in [5.74, 6) is 0. The van der Waals surface area contributed by atoms with Crippen LogP contribution in [0.15, 0.2) is 77.3 Å². The molecule has 0 radical (unpaired) electrons. The van der Waals surface area contributed by atoms with E-state index in [1.54, 1.807) is 0 Å². The summed E-state index contributed by atoms with van der Waals surface area (Å²) in [6.45, 7) is 6.72. The number of benzene rings is 2. The fraction of sp³-hybridized carbons (Fsp3) is 0.100. The number of furan rings is 1. The van der Waals surface area contributed by atoms with Crippen molar-refractivity contribution in [2.45, 2.75) is 6.92 Å². The third-order valence-electron chi connectivity index (χ3n) is 3.85. The van der Waals surface area contributed by atoms with Crippen LogP contribution in [0, 0.1) is 0 Å². The van der Waals surface area contributed by atoms with E-state index in [4.69, 9.17) is 10.2 Å². The van der Waals surface area contributed by atoms with Crippen molar-refractivity contribution < 1.29 is 4.42 Å². The van der Waals surface area contributed by atoms with Gasteiger partial charge in [0.2, 0.25) is 0 Å². The van der Waals surface area contributed by atoms with Crippen molar-refractivity contribution in [2.24, 2.45) is 5.73 Å². The predicted molar refractivity (Wildman–Crippen MR) is 94.7 cm³/mol. The van der Waals surface area contributed by atoms with Crippen LogP contribution in [-0.4, -0.2) is 6.54 Å². The van der Waals surface area contributed by atoms with Crippen molar-refractivity contribution in [1.82, 2.24) is 0 Å². The van der Waals surface area contributed by atoms with E-state index in [2.05, 4.69) is 18.7 Å². The molecular weight excluding hydrogens is 270 g/mol. The van der Waals surface area contributed by atoms with Crippen molar-refractivity contribution in [1.29, 1.82) is 0 Å². The van der Waals surface area contributed by atoms with Gasteiger partial charge in [0.1, 0.15) is 11.2 Å². The number of fused-ring (bicyclic) bond motifs is 3. The molecule has 0 atom stereocenters. The summed E-state index contributed by atoms with van der Waals surface area (Å²) in [5.41, 5.74) is 10.6. The Balaban J connectivity index is 2.13. The Hall–Kier alpha value is -2.58. The number of hydrogen-bond acceptors (Lipinski definition) is 2. The van der Waals surface area contributed by atoms with Crippen molar-refractivity contribution in [3.05, 3.63) is 78.4 Å². The Labute approximate surface area is 130 Å². The molecule has 0 aliphatic rings. The van der Waals surface area contributed by atoms with Gasteiger partial charge in [-0.25, -0.2) is 0 Å². The van der Waals surface area contributed by atoms with E-state index >= 15 is 0 Å². The molecule has 2 nitrogen and oxygen atoms in total. The molecule has 0 spiro atoms. The van der Waals surface area contributed by atoms with Gasteiger partial charge in [-0.3, -0.25) is 0 Å². The van der Waals surface area contributed by atoms with Crippen LogP contribution in [0.5, 0.6) is 0 Å². The molecular formula is C20H19NO. The van der Waals surface area contributed by atoms with E-state index < -0.39 is 0 Å². The van der Waals surface area contributed by atoms with Gasteiger partial charge >= 0.3 is 0 Å². The van der Waals surface area contributed by atoms with E-state index in [0.717, 1.165) is 38.6 Å². The maximum atomic E-state index is 5.91. The minimum absolute atomic E-state index is 0.527. The van der Waals surface area contributed by atoms with Gasteiger partial charge in [0.25, 0.3) is 0 Å². The van der Waals surface area contributed by atoms with Gasteiger partial charge in [-0.15, -0.1) is 0 Å². The van der Waals surface area contributed by atoms with E-state index in [1.807, 2.05) is 55.5 Å². The Morgan fingerprint density at radius 2 is 1.86 bits per heavy atom. The minimum atomic E-state index is 0.527. The quantitative estimate of drug-likeness (QED) is 0.682. The molecule has 0 aliphatic carbocycles. The lowest BCUT2D eigenvalue weighted by molar-refractivity contribution is 0.669. The highest BCUT2D eigenvalue weighted by Gasteiger charge is 2.11. The maximum Gasteiger partial charge on any atom is 0.136 e. The second kappa shape index (κ2) is 6.04. The number of allylic oxidation sites excluding steroid dienone is 3. The Morgan fingerprint density at radius 1 is 1.09 bits per heavy atom. The summed E-state index contributed by atoms with van der Waals surface area (Å²) in [7, 11) is 0. The first-order chi connectivity index (χ1) is 10.7. The van der Waals surface area contributed by atoms with Crippen molar-refractivity contribution in [3.8, 4) is 0 Å². The summed E-state index contributed by atoms with van der Waals surface area (Å²) >= 11 is 0. The lowest BCUT2D eigenvalue weighted by Gasteiger charge is -2.03. The summed E-state index contributed by atoms with van der Waals surface area (Å²) in [5, 5.41) is 2.23. The molecule has 0 fully saturated rings. The van der Waals surface area contributed by atoms with Crippen LogP contribution in [0.4, 0.5) is 0 Å². The third-order valence-corrected chi connectivity index (χ3v) is 3.85. The van der Waals surface area contributed by atoms with Gasteiger partial charge in [-0.05, 0) is 35.8 Å². The van der Waals surface area contributed by atoms with Crippen LogP contribution >= 0.6 is 0 Å². The summed E-state index contributed by atoms with van der Waals surface area (Å²) in [6.07, 6.45) is 6.04. The van der Waals surface area contributed by atoms with Gasteiger partial charge in [0, 0.05) is 17.3 Å². The van der Waals surface area contributed by atoms with E-state index in [-0.39, 0.29) is 0 Å². The standard InChI is InChI=1S/C20H19NO/c1-3-15(13-21)12-11-14(2)16-8-6-10-19-20(16)17-7-4-5-9-18(17)22-19/h3-12H,2,13,21H2,1H3/b12-11-,15-3+. The molecule has 1 heterocycles. The van der Waals surface area contributed by atoms with Crippen molar-refractivity contribution >= 4 is 27.5 Å². The normalized spacial score (nSPS) is 12.5. The Bertz CT molecular complexity index is 896. The molecule has 1 aromatic heterocycles. The largest absolute Gasteiger partial charge is 0.456 e. The zero-order valence-corrected chi connectivity index (χ0v) is 12.7. The first-order valence-electron chi connectivity index (χ1n) is 7.37. The molecule has 2 N–H and O–H groups in total. The highest BCUT2D eigenvalue weighted by molar-refractivity contribution is 6.10. The van der Waals surface area contributed by atoms with E-state index in [0.29, 0.717) is 6.54 Å². The topological polar surface area (TPSA) is 39.2 Å². The van der Waals surface area contributed by atoms with Gasteiger partial charge < -0.3 is 10.2 Å². The van der Waals surface area contributed by atoms with Gasteiger partial charge in [-0.2, -0.15) is 0 Å². The van der Waals surface area contributed by atoms with Gasteiger partial charge in [-0.1, -0.05) is 55.1 Å². The van der Waals surface area contributed by atoms with Gasteiger partial charge in [0.15, 0.2) is 0 Å². The number of nitrogens with two attached hydrogens (primary N) is 1. The minimum Gasteiger partial charge on any atom is -0.456 e. The molecule has 3 aromatic rings. The molecule has 0 bridgehead atoms. The molecule has 0 saturated heterocycles. The molecule has 0 saturated carbocycles. The first-order valence-corrected chi connectivity index (χ1v) is 7.37. The fourth-order valence-electron chi connectivity index (χ4n) is 2.62. The van der Waals surface area contributed by atoms with Crippen LogP contribution in [0.2, 0.25) is 0 Å². The van der Waals surface area contributed by atoms with E-state index in [9.17, 15) is 0 Å². The smallest absolute Gasteiger partial charge is 0.136 e. The summed E-state index contributed by atoms with van der Waals surface area (Å²) < 4.78 is 5.91. The van der Waals surface area contributed by atoms with Crippen LogP contribution in [0.3, 0.4) is 0 Å². The van der Waals surface area contributed by atoms with E-state index in [1.165, 1.54) is 0 Å². The van der Waals surface area contributed by atoms with Gasteiger partial charge in [0.05, 0.1) is 0 Å². The molecule has 22 heavy (non-hydrogen) atoms. The molecule has 3 rings (SSSR count). The Kier molecular flexibility index (Phi) is 3.94. The second-order valence-electron chi connectivity index (χ2n) is 5.20. The van der Waals surface area contributed by atoms with Crippen LogP contribution < -0.4 is 5.73 Å². The zero-order valence-electron chi connectivity index (χ0n) is 12.7. The fourth-order valence-corrected chi connectivity index (χ4v) is 2.62. The number of rotatable bonds is 4. The second-order valence-corrected chi connectivity index (χ2v) is 5.20. The predicted octanol–water partition coefficient (Wildman–Crippen LogP) is 5.06. The molecule has 0 amide bonds. The van der Waals surface area contributed by atoms with Crippen molar-refractivity contribution in [2.75, 3.05) is 6.54 Å². The number of para-hydroxylation sites is 1. The lowest BCUT2D eigenvalue weighted by atomic mass is 9.99. The molecule has 2 aromatic carbocycles. The average molecular weight is 289 g/mol. The highest BCUT2D eigenvalue weighted by atomic mass is 16.3. The lowest BCUT2D eigenvalue weighted by Crippen LogP contribution is -2.00. The third kappa shape index (κ3) is 2.49. The first kappa shape index (κ1) is 14.4. The van der Waals surface area contributed by atoms with Crippen LogP contribution in [0.1, 0.15) is 12.5 Å². The average Bonchev–Trinajstić information content (AvgIpc) is 2.94. The van der Waals surface area contributed by atoms with Crippen LogP contribution in [-0.2, 0) is 0 Å². The zero-order chi connectivity index (χ0) is 15.5. The molecule has 110 valence electrons. The highest BCUT2D eigenvalue weighted by Crippen LogP contribution is 2.34. The summed E-state index contributed by atoms with van der Waals surface area (Å²) in [4.78, 5) is 0. The SMILES string of the molecule is C=C(/C=C\C(=C/C)CN)c1cccc2oc3ccccc3c12. The monoisotopic (exact) mass is 289 g/mol.